The lowest BCUT2D eigenvalue weighted by molar-refractivity contribution is -0.131. The van der Waals surface area contributed by atoms with Crippen LogP contribution < -0.4 is 16.0 Å². The summed E-state index contributed by atoms with van der Waals surface area (Å²) in [5, 5.41) is 23.2. The molecule has 6 rings (SSSR count). The molecular formula is C25H26N8O4. The summed E-state index contributed by atoms with van der Waals surface area (Å²) < 4.78 is 1.56. The van der Waals surface area contributed by atoms with Crippen LogP contribution in [0.1, 0.15) is 42.9 Å². The molecule has 3 amide bonds. The first kappa shape index (κ1) is 23.1. The number of benzene rings is 1. The molecule has 0 radical (unpaired) electrons. The van der Waals surface area contributed by atoms with Crippen LogP contribution in [0, 0.1) is 0 Å². The van der Waals surface area contributed by atoms with Crippen molar-refractivity contribution < 1.29 is 19.5 Å². The Kier molecular flexibility index (Phi) is 5.80. The molecule has 3 aromatic rings. The molecular weight excluding hydrogens is 476 g/mol. The molecule has 3 fully saturated rings. The number of aromatic nitrogens is 4. The highest BCUT2D eigenvalue weighted by Crippen LogP contribution is 2.28. The lowest BCUT2D eigenvalue weighted by Gasteiger charge is -2.24. The zero-order valence-electron chi connectivity index (χ0n) is 19.9. The quantitative estimate of drug-likeness (QED) is 0.272. The third kappa shape index (κ3) is 4.75. The number of aliphatic hydroxyl groups excluding tert-OH is 1. The zero-order chi connectivity index (χ0) is 25.5. The van der Waals surface area contributed by atoms with Gasteiger partial charge in [0.2, 0.25) is 23.7 Å². The maximum absolute atomic E-state index is 13.5. The maximum Gasteiger partial charge on any atom is 0.254 e. The molecule has 190 valence electrons. The summed E-state index contributed by atoms with van der Waals surface area (Å²) in [6.45, 7) is 0.750. The van der Waals surface area contributed by atoms with Gasteiger partial charge in [-0.25, -0.2) is 0 Å². The van der Waals surface area contributed by atoms with Gasteiger partial charge in [-0.2, -0.15) is 19.6 Å². The predicted octanol–water partition coefficient (Wildman–Crippen LogP) is 0.875. The van der Waals surface area contributed by atoms with Crippen molar-refractivity contribution in [1.29, 1.82) is 0 Å². The Labute approximate surface area is 211 Å². The Bertz CT molecular complexity index is 1410. The van der Waals surface area contributed by atoms with Crippen LogP contribution >= 0.6 is 0 Å². The van der Waals surface area contributed by atoms with Gasteiger partial charge >= 0.3 is 0 Å². The summed E-state index contributed by atoms with van der Waals surface area (Å²) in [4.78, 5) is 48.2. The summed E-state index contributed by atoms with van der Waals surface area (Å²) in [6.07, 6.45) is 5.19. The average Bonchev–Trinajstić information content (AvgIpc) is 3.29. The largest absolute Gasteiger partial charge is 0.391 e. The molecule has 4 N–H and O–H groups in total. The number of likely N-dealkylation sites (tertiary alicyclic amines) is 1. The molecule has 12 heteroatoms. The number of hydrogen-bond acceptors (Lipinski definition) is 9. The first-order valence-electron chi connectivity index (χ1n) is 12.3. The predicted molar refractivity (Wildman–Crippen MR) is 133 cm³/mol. The second-order valence-corrected chi connectivity index (χ2v) is 9.56. The highest BCUT2D eigenvalue weighted by Gasteiger charge is 2.32. The smallest absolute Gasteiger partial charge is 0.254 e. The highest BCUT2D eigenvalue weighted by atomic mass is 16.3. The molecule has 1 aliphatic carbocycles. The number of nitrogens with one attached hydrogen (secondary N) is 3. The average molecular weight is 503 g/mol. The Hall–Kier alpha value is -4.32. The number of fused-ring (bicyclic) bond motifs is 1. The lowest BCUT2D eigenvalue weighted by atomic mass is 10.1. The van der Waals surface area contributed by atoms with Crippen LogP contribution in [0.15, 0.2) is 42.1 Å². The normalized spacial score (nSPS) is 21.5. The second-order valence-electron chi connectivity index (χ2n) is 9.56. The van der Waals surface area contributed by atoms with E-state index in [0.29, 0.717) is 35.7 Å². The summed E-state index contributed by atoms with van der Waals surface area (Å²) in [5.74, 6) is -0.292. The molecule has 4 heterocycles. The number of anilines is 2. The fourth-order valence-electron chi connectivity index (χ4n) is 4.56. The van der Waals surface area contributed by atoms with Gasteiger partial charge in [0.1, 0.15) is 6.04 Å². The molecule has 12 nitrogen and oxygen atoms in total. The van der Waals surface area contributed by atoms with Crippen molar-refractivity contribution in [1.82, 2.24) is 29.8 Å². The van der Waals surface area contributed by atoms with Crippen molar-refractivity contribution in [2.24, 2.45) is 0 Å². The summed E-state index contributed by atoms with van der Waals surface area (Å²) in [6, 6.07) is 8.80. The Morgan fingerprint density at radius 3 is 2.65 bits per heavy atom. The van der Waals surface area contributed by atoms with Crippen LogP contribution in [-0.4, -0.2) is 72.5 Å². The molecule has 0 bridgehead atoms. The molecule has 2 aromatic heterocycles. The summed E-state index contributed by atoms with van der Waals surface area (Å²) in [5.41, 5.74) is 2.05. The van der Waals surface area contributed by atoms with Crippen LogP contribution in [-0.2, 0) is 14.4 Å². The molecule has 2 saturated heterocycles. The standard InChI is InChI=1S/C25H26N8O4/c34-18-8-9-32(13-18)23(37)20(14-4-2-1-3-5-14)29-24-30-21-16(10-15-11-19(35)28-22(15)36)12-26-33(21)25(31-24)27-17-6-7-17/h1-5,10,12,17-18,20,34H,6-9,11,13H2,(H,28,35,36)(H2,27,29,30,31)/b15-10+/t18-,20-/m0/s1. The third-order valence-corrected chi connectivity index (χ3v) is 6.66. The van der Waals surface area contributed by atoms with Crippen LogP contribution in [0.4, 0.5) is 11.9 Å². The van der Waals surface area contributed by atoms with E-state index in [-0.39, 0.29) is 36.8 Å². The van der Waals surface area contributed by atoms with Crippen molar-refractivity contribution in [2.75, 3.05) is 23.7 Å². The van der Waals surface area contributed by atoms with Gasteiger partial charge in [0.05, 0.1) is 18.7 Å². The van der Waals surface area contributed by atoms with Crippen molar-refractivity contribution >= 4 is 41.3 Å². The Morgan fingerprint density at radius 2 is 1.97 bits per heavy atom. The van der Waals surface area contributed by atoms with Gasteiger partial charge in [-0.05, 0) is 30.9 Å². The summed E-state index contributed by atoms with van der Waals surface area (Å²) >= 11 is 0. The van der Waals surface area contributed by atoms with Gasteiger partial charge in [-0.3, -0.25) is 19.7 Å². The fraction of sp³-hybridized carbons (Fsp3) is 0.360. The third-order valence-electron chi connectivity index (χ3n) is 6.66. The van der Waals surface area contributed by atoms with E-state index in [1.165, 1.54) is 0 Å². The Morgan fingerprint density at radius 1 is 1.16 bits per heavy atom. The summed E-state index contributed by atoms with van der Waals surface area (Å²) in [7, 11) is 0. The number of aliphatic hydroxyl groups is 1. The van der Waals surface area contributed by atoms with Crippen molar-refractivity contribution in [3.05, 3.63) is 53.2 Å². The number of amides is 3. The number of β-amino-alcohol motifs (C(OH)–C–C–N with tert-alkyl or cyclic N) is 1. The molecule has 2 atom stereocenters. The zero-order valence-corrected chi connectivity index (χ0v) is 19.9. The van der Waals surface area contributed by atoms with Gasteiger partial charge in [-0.1, -0.05) is 30.3 Å². The van der Waals surface area contributed by atoms with E-state index in [4.69, 9.17) is 0 Å². The number of carbonyl (C=O) groups is 3. The lowest BCUT2D eigenvalue weighted by Crippen LogP contribution is -2.37. The van der Waals surface area contributed by atoms with E-state index in [2.05, 4.69) is 31.0 Å². The van der Waals surface area contributed by atoms with Gasteiger partial charge in [0.15, 0.2) is 5.65 Å². The van der Waals surface area contributed by atoms with E-state index in [0.717, 1.165) is 18.4 Å². The first-order chi connectivity index (χ1) is 17.9. The number of rotatable bonds is 7. The van der Waals surface area contributed by atoms with Crippen LogP contribution in [0.2, 0.25) is 0 Å². The molecule has 37 heavy (non-hydrogen) atoms. The molecule has 0 spiro atoms. The number of hydrogen-bond donors (Lipinski definition) is 4. The van der Waals surface area contributed by atoms with Crippen molar-refractivity contribution in [3.63, 3.8) is 0 Å². The number of nitrogens with zero attached hydrogens (tertiary/aromatic N) is 5. The van der Waals surface area contributed by atoms with Crippen molar-refractivity contribution in [2.45, 2.75) is 43.9 Å². The fourth-order valence-corrected chi connectivity index (χ4v) is 4.56. The van der Waals surface area contributed by atoms with Crippen molar-refractivity contribution in [3.8, 4) is 0 Å². The monoisotopic (exact) mass is 502 g/mol. The van der Waals surface area contributed by atoms with Gasteiger partial charge in [-0.15, -0.1) is 0 Å². The maximum atomic E-state index is 13.5. The van der Waals surface area contributed by atoms with E-state index in [9.17, 15) is 19.5 Å². The van der Waals surface area contributed by atoms with E-state index in [1.54, 1.807) is 21.7 Å². The molecule has 1 aromatic carbocycles. The van der Waals surface area contributed by atoms with E-state index in [1.807, 2.05) is 30.3 Å². The van der Waals surface area contributed by atoms with Crippen LogP contribution in [0.25, 0.3) is 11.7 Å². The van der Waals surface area contributed by atoms with E-state index >= 15 is 0 Å². The highest BCUT2D eigenvalue weighted by molar-refractivity contribution is 6.15. The minimum atomic E-state index is -0.773. The van der Waals surface area contributed by atoms with E-state index < -0.39 is 18.1 Å². The minimum Gasteiger partial charge on any atom is -0.391 e. The molecule has 1 saturated carbocycles. The number of carbonyl (C=O) groups excluding carboxylic acids is 3. The SMILES string of the molecule is O=C1C/C(=C\c2cnn3c(NC4CC4)nc(N[C@H](C(=O)N4CC[C@H](O)C4)c4ccccc4)nc23)C(=O)N1. The van der Waals surface area contributed by atoms with Gasteiger partial charge in [0, 0.05) is 30.3 Å². The van der Waals surface area contributed by atoms with Gasteiger partial charge in [0.25, 0.3) is 5.91 Å². The first-order valence-corrected chi connectivity index (χ1v) is 12.3. The molecule has 2 aliphatic heterocycles. The molecule has 0 unspecified atom stereocenters. The molecule has 3 aliphatic rings. The number of imide groups is 1. The van der Waals surface area contributed by atoms with Crippen LogP contribution in [0.5, 0.6) is 0 Å². The van der Waals surface area contributed by atoms with Crippen LogP contribution in [0.3, 0.4) is 0 Å². The topological polar surface area (TPSA) is 154 Å². The second kappa shape index (κ2) is 9.28. The Balaban J connectivity index is 1.39. The van der Waals surface area contributed by atoms with Gasteiger partial charge < -0.3 is 20.6 Å². The minimum absolute atomic E-state index is 0.00812.